The predicted octanol–water partition coefficient (Wildman–Crippen LogP) is 6.98. The molecule has 1 atom stereocenters. The van der Waals surface area contributed by atoms with Gasteiger partial charge in [0.25, 0.3) is 17.7 Å². The van der Waals surface area contributed by atoms with E-state index >= 15 is 0 Å². The molecule has 5 rings (SSSR count). The fourth-order valence-corrected chi connectivity index (χ4v) is 4.99. The van der Waals surface area contributed by atoms with Gasteiger partial charge in [0, 0.05) is 43.2 Å². The van der Waals surface area contributed by atoms with Crippen molar-refractivity contribution in [1.29, 1.82) is 0 Å². The minimum Gasteiger partial charge on any atom is -0.446 e. The Bertz CT molecular complexity index is 1520. The normalized spacial score (nSPS) is 14.6. The van der Waals surface area contributed by atoms with Crippen molar-refractivity contribution in [2.45, 2.75) is 58.5 Å². The molecule has 1 aliphatic heterocycles. The van der Waals surface area contributed by atoms with Crippen LogP contribution in [0.5, 0.6) is 0 Å². The Labute approximate surface area is 257 Å². The number of alkyl halides is 2. The number of likely N-dealkylation sites (tertiary alicyclic amines) is 1. The lowest BCUT2D eigenvalue weighted by Crippen LogP contribution is -2.31. The molecule has 2 N–H and O–H groups in total. The van der Waals surface area contributed by atoms with Gasteiger partial charge in [-0.15, -0.1) is 0 Å². The van der Waals surface area contributed by atoms with Crippen LogP contribution in [0.2, 0.25) is 0 Å². The van der Waals surface area contributed by atoms with E-state index in [1.165, 1.54) is 17.7 Å². The number of aromatic nitrogens is 1. The van der Waals surface area contributed by atoms with E-state index in [9.17, 15) is 18.4 Å². The third kappa shape index (κ3) is 9.31. The summed E-state index contributed by atoms with van der Waals surface area (Å²) in [6.07, 6.45) is 3.90. The molecule has 1 aromatic heterocycles. The summed E-state index contributed by atoms with van der Waals surface area (Å²) in [6.45, 7) is 6.94. The van der Waals surface area contributed by atoms with Gasteiger partial charge in [0.2, 0.25) is 5.89 Å². The molecule has 1 unspecified atom stereocenters. The standard InChI is InChI=1S/C28H32F2N4O3.C7H8/c1-19-18-37-26(33-19)24-11-5-14-34(24)27(36)22-9-4-8-21(16-22)25(35)32-13-6-12-31-17-20-7-3-10-23(15-20)28(2,29)30;1-7-5-3-2-4-6-7/h3-4,7-10,15-16,18,24,31H,5-6,11-14,17H2,1-2H3,(H,32,35);2-6H,1H3. The van der Waals surface area contributed by atoms with E-state index in [1.54, 1.807) is 47.6 Å². The van der Waals surface area contributed by atoms with E-state index in [1.807, 2.05) is 25.1 Å². The molecular formula is C35H40F2N4O3. The lowest BCUT2D eigenvalue weighted by Gasteiger charge is -2.22. The Kier molecular flexibility index (Phi) is 11.4. The smallest absolute Gasteiger partial charge is 0.270 e. The monoisotopic (exact) mass is 602 g/mol. The van der Waals surface area contributed by atoms with E-state index in [0.29, 0.717) is 49.6 Å². The van der Waals surface area contributed by atoms with E-state index < -0.39 is 5.92 Å². The molecule has 0 radical (unpaired) electrons. The van der Waals surface area contributed by atoms with Gasteiger partial charge in [-0.25, -0.2) is 13.8 Å². The fourth-order valence-electron chi connectivity index (χ4n) is 4.99. The first-order valence-electron chi connectivity index (χ1n) is 14.9. The Balaban J connectivity index is 0.000000555. The van der Waals surface area contributed by atoms with Crippen molar-refractivity contribution in [3.05, 3.63) is 125 Å². The van der Waals surface area contributed by atoms with Crippen LogP contribution in [-0.2, 0) is 12.5 Å². The Hall–Kier alpha value is -4.37. The summed E-state index contributed by atoms with van der Waals surface area (Å²) in [5.41, 5.74) is 3.74. The number of nitrogens with one attached hydrogen (secondary N) is 2. The molecule has 9 heteroatoms. The number of nitrogens with zero attached hydrogens (tertiary/aromatic N) is 2. The molecule has 1 saturated heterocycles. The van der Waals surface area contributed by atoms with Gasteiger partial charge in [0.15, 0.2) is 0 Å². The number of amides is 2. The van der Waals surface area contributed by atoms with Gasteiger partial charge >= 0.3 is 0 Å². The topological polar surface area (TPSA) is 87.5 Å². The quantitative estimate of drug-likeness (QED) is 0.191. The number of carbonyl (C=O) groups is 2. The largest absolute Gasteiger partial charge is 0.446 e. The predicted molar refractivity (Wildman–Crippen MR) is 167 cm³/mol. The van der Waals surface area contributed by atoms with Gasteiger partial charge in [0.1, 0.15) is 12.3 Å². The summed E-state index contributed by atoms with van der Waals surface area (Å²) in [5.74, 6) is -2.73. The van der Waals surface area contributed by atoms with Gasteiger partial charge in [0.05, 0.1) is 5.69 Å². The van der Waals surface area contributed by atoms with Gasteiger partial charge in [-0.05, 0) is 69.5 Å². The number of benzene rings is 3. The lowest BCUT2D eigenvalue weighted by atomic mass is 10.1. The molecule has 4 aromatic rings. The van der Waals surface area contributed by atoms with Crippen LogP contribution < -0.4 is 10.6 Å². The third-order valence-corrected chi connectivity index (χ3v) is 7.33. The second-order valence-corrected chi connectivity index (χ2v) is 11.1. The van der Waals surface area contributed by atoms with Crippen molar-refractivity contribution in [2.75, 3.05) is 19.6 Å². The molecular weight excluding hydrogens is 562 g/mol. The second-order valence-electron chi connectivity index (χ2n) is 11.1. The van der Waals surface area contributed by atoms with Crippen molar-refractivity contribution < 1.29 is 22.8 Å². The number of oxazole rings is 1. The zero-order valence-electron chi connectivity index (χ0n) is 25.5. The average molecular weight is 603 g/mol. The molecule has 7 nitrogen and oxygen atoms in total. The number of hydrogen-bond donors (Lipinski definition) is 2. The van der Waals surface area contributed by atoms with Crippen LogP contribution in [0.3, 0.4) is 0 Å². The van der Waals surface area contributed by atoms with E-state index in [2.05, 4.69) is 34.7 Å². The highest BCUT2D eigenvalue weighted by atomic mass is 19.3. The minimum atomic E-state index is -2.87. The van der Waals surface area contributed by atoms with E-state index in [0.717, 1.165) is 31.0 Å². The molecule has 1 fully saturated rings. The van der Waals surface area contributed by atoms with Gasteiger partial charge in [-0.3, -0.25) is 9.59 Å². The zero-order chi connectivity index (χ0) is 31.5. The summed E-state index contributed by atoms with van der Waals surface area (Å²) in [7, 11) is 0. The van der Waals surface area contributed by atoms with Crippen molar-refractivity contribution in [3.8, 4) is 0 Å². The Morgan fingerprint density at radius 1 is 0.977 bits per heavy atom. The van der Waals surface area contributed by atoms with Crippen molar-refractivity contribution >= 4 is 11.8 Å². The second kappa shape index (κ2) is 15.4. The number of hydrogen-bond acceptors (Lipinski definition) is 5. The van der Waals surface area contributed by atoms with Gasteiger partial charge in [-0.1, -0.05) is 60.2 Å². The Morgan fingerprint density at radius 3 is 2.41 bits per heavy atom. The summed E-state index contributed by atoms with van der Waals surface area (Å²) >= 11 is 0. The van der Waals surface area contributed by atoms with Gasteiger partial charge in [-0.2, -0.15) is 0 Å². The molecule has 44 heavy (non-hydrogen) atoms. The zero-order valence-corrected chi connectivity index (χ0v) is 25.5. The highest BCUT2D eigenvalue weighted by molar-refractivity contribution is 5.99. The molecule has 0 bridgehead atoms. The number of rotatable bonds is 10. The summed E-state index contributed by atoms with van der Waals surface area (Å²) < 4.78 is 32.5. The van der Waals surface area contributed by atoms with Crippen LogP contribution in [0.25, 0.3) is 0 Å². The maximum Gasteiger partial charge on any atom is 0.270 e. The maximum atomic E-state index is 13.5. The van der Waals surface area contributed by atoms with Crippen LogP contribution in [0, 0.1) is 13.8 Å². The third-order valence-electron chi connectivity index (χ3n) is 7.33. The number of carbonyl (C=O) groups excluding carboxylic acids is 2. The number of halogens is 2. The molecule has 3 aromatic carbocycles. The van der Waals surface area contributed by atoms with Crippen molar-refractivity contribution in [3.63, 3.8) is 0 Å². The summed E-state index contributed by atoms with van der Waals surface area (Å²) in [4.78, 5) is 32.0. The molecule has 2 amide bonds. The Morgan fingerprint density at radius 2 is 1.73 bits per heavy atom. The summed E-state index contributed by atoms with van der Waals surface area (Å²) in [6, 6.07) is 23.1. The first kappa shape index (κ1) is 32.5. The lowest BCUT2D eigenvalue weighted by molar-refractivity contribution is 0.0174. The first-order chi connectivity index (χ1) is 21.1. The maximum absolute atomic E-state index is 13.5. The van der Waals surface area contributed by atoms with Crippen molar-refractivity contribution in [2.24, 2.45) is 0 Å². The minimum absolute atomic E-state index is 0.00671. The molecule has 0 saturated carbocycles. The fraction of sp³-hybridized carbons (Fsp3) is 0.343. The van der Waals surface area contributed by atoms with Crippen molar-refractivity contribution in [1.82, 2.24) is 20.5 Å². The van der Waals surface area contributed by atoms with Crippen LogP contribution in [0.15, 0.2) is 89.5 Å². The van der Waals surface area contributed by atoms with E-state index in [4.69, 9.17) is 4.42 Å². The van der Waals surface area contributed by atoms with Crippen LogP contribution in [0.4, 0.5) is 8.78 Å². The molecule has 0 aliphatic carbocycles. The highest BCUT2D eigenvalue weighted by Gasteiger charge is 2.34. The summed E-state index contributed by atoms with van der Waals surface area (Å²) in [5, 5.41) is 6.08. The molecule has 0 spiro atoms. The first-order valence-corrected chi connectivity index (χ1v) is 14.9. The van der Waals surface area contributed by atoms with E-state index in [-0.39, 0.29) is 23.4 Å². The number of aryl methyl sites for hydroxylation is 2. The van der Waals surface area contributed by atoms with Crippen LogP contribution in [0.1, 0.15) is 81.2 Å². The highest BCUT2D eigenvalue weighted by Crippen LogP contribution is 2.33. The SMILES string of the molecule is Cc1ccccc1.Cc1coc(C2CCCN2C(=O)c2cccc(C(=O)NCCCNCc3cccc(C(C)(F)F)c3)c2)n1. The molecule has 232 valence electrons. The molecule has 2 heterocycles. The van der Waals surface area contributed by atoms with Crippen LogP contribution in [-0.4, -0.2) is 41.3 Å². The van der Waals surface area contributed by atoms with Crippen LogP contribution >= 0.6 is 0 Å². The average Bonchev–Trinajstić information content (AvgIpc) is 3.68. The molecule has 1 aliphatic rings. The van der Waals surface area contributed by atoms with Gasteiger partial charge < -0.3 is 20.0 Å².